The van der Waals surface area contributed by atoms with Gasteiger partial charge in [-0.3, -0.25) is 14.5 Å². The van der Waals surface area contributed by atoms with Crippen molar-refractivity contribution in [2.45, 2.75) is 90.4 Å². The molecule has 0 bridgehead atoms. The molecule has 1 rings (SSSR count). The van der Waals surface area contributed by atoms with E-state index in [1.807, 2.05) is 0 Å². The predicted octanol–water partition coefficient (Wildman–Crippen LogP) is 5.19. The van der Waals surface area contributed by atoms with E-state index in [9.17, 15) is 9.59 Å². The van der Waals surface area contributed by atoms with E-state index in [4.69, 9.17) is 52.1 Å². The molecule has 14 heteroatoms. The summed E-state index contributed by atoms with van der Waals surface area (Å²) in [6.07, 6.45) is 20.2. The van der Waals surface area contributed by atoms with E-state index in [1.54, 1.807) is 0 Å². The molecule has 1 aliphatic heterocycles. The molecule has 0 saturated heterocycles. The number of carbonyl (C=O) groups excluding carboxylic acids is 2. The molecule has 14 nitrogen and oxygen atoms in total. The largest absolute Gasteiger partial charge is 0.379 e. The smallest absolute Gasteiger partial charge is 0.253 e. The Hall–Kier alpha value is -1.56. The van der Waals surface area contributed by atoms with Crippen LogP contribution in [0.4, 0.5) is 0 Å². The number of nitrogens with zero attached hydrogens (tertiary/aromatic N) is 1. The molecule has 55 heavy (non-hydrogen) atoms. The zero-order chi connectivity index (χ0) is 39.4. The number of imide groups is 1. The fraction of sp³-hybridized carbons (Fsp3) is 0.902. The molecule has 0 aliphatic carbocycles. The topological polar surface area (TPSA) is 139 Å². The first kappa shape index (κ1) is 51.5. The first-order valence-electron chi connectivity index (χ1n) is 21.1. The highest BCUT2D eigenvalue weighted by molar-refractivity contribution is 6.12. The molecule has 0 aromatic rings. The fourth-order valence-corrected chi connectivity index (χ4v) is 5.33. The van der Waals surface area contributed by atoms with E-state index in [0.29, 0.717) is 132 Å². The van der Waals surface area contributed by atoms with Crippen LogP contribution < -0.4 is 0 Å². The van der Waals surface area contributed by atoms with Gasteiger partial charge in [0.2, 0.25) is 0 Å². The molecule has 0 N–H and O–H groups in total. The third-order valence-electron chi connectivity index (χ3n) is 8.47. The number of rotatable bonds is 47. The second-order valence-electron chi connectivity index (χ2n) is 13.1. The summed E-state index contributed by atoms with van der Waals surface area (Å²) in [6, 6.07) is 0. The van der Waals surface area contributed by atoms with Crippen LogP contribution in [-0.4, -0.2) is 169 Å². The lowest BCUT2D eigenvalue weighted by Crippen LogP contribution is -2.33. The average molecular weight is 792 g/mol. The summed E-state index contributed by atoms with van der Waals surface area (Å²) in [7, 11) is 0. The van der Waals surface area contributed by atoms with E-state index in [2.05, 4.69) is 6.92 Å². The zero-order valence-electron chi connectivity index (χ0n) is 34.4. The van der Waals surface area contributed by atoms with Gasteiger partial charge in [-0.1, -0.05) is 84.0 Å². The van der Waals surface area contributed by atoms with Gasteiger partial charge in [0.1, 0.15) is 0 Å². The van der Waals surface area contributed by atoms with Gasteiger partial charge < -0.3 is 52.1 Å². The van der Waals surface area contributed by atoms with Gasteiger partial charge in [-0.05, 0) is 6.42 Å². The van der Waals surface area contributed by atoms with Crippen molar-refractivity contribution in [2.24, 2.45) is 0 Å². The minimum absolute atomic E-state index is 0.242. The molecule has 0 saturated carbocycles. The van der Waals surface area contributed by atoms with E-state index in [0.717, 1.165) is 17.9 Å². The van der Waals surface area contributed by atoms with Crippen LogP contribution in [0.3, 0.4) is 0 Å². The Morgan fingerprint density at radius 1 is 0.309 bits per heavy atom. The average Bonchev–Trinajstić information content (AvgIpc) is 3.51. The monoisotopic (exact) mass is 792 g/mol. The summed E-state index contributed by atoms with van der Waals surface area (Å²) in [5, 5.41) is 0. The second-order valence-corrected chi connectivity index (χ2v) is 13.1. The van der Waals surface area contributed by atoms with Crippen LogP contribution in [0.25, 0.3) is 0 Å². The molecular weight excluding hydrogens is 714 g/mol. The van der Waals surface area contributed by atoms with Crippen molar-refractivity contribution < 1.29 is 61.7 Å². The van der Waals surface area contributed by atoms with E-state index >= 15 is 0 Å². The Morgan fingerprint density at radius 3 is 0.800 bits per heavy atom. The lowest BCUT2D eigenvalue weighted by molar-refractivity contribution is -0.137. The van der Waals surface area contributed by atoms with Crippen LogP contribution in [0.5, 0.6) is 0 Å². The van der Waals surface area contributed by atoms with Gasteiger partial charge in [-0.15, -0.1) is 0 Å². The molecule has 1 aliphatic rings. The van der Waals surface area contributed by atoms with Crippen molar-refractivity contribution in [3.8, 4) is 0 Å². The Morgan fingerprint density at radius 2 is 0.527 bits per heavy atom. The Bertz CT molecular complexity index is 833. The van der Waals surface area contributed by atoms with Gasteiger partial charge >= 0.3 is 0 Å². The molecule has 0 fully saturated rings. The van der Waals surface area contributed by atoms with Crippen molar-refractivity contribution in [3.63, 3.8) is 0 Å². The van der Waals surface area contributed by atoms with E-state index in [1.165, 1.54) is 89.2 Å². The quantitative estimate of drug-likeness (QED) is 0.0592. The van der Waals surface area contributed by atoms with E-state index < -0.39 is 0 Å². The van der Waals surface area contributed by atoms with Crippen LogP contribution in [-0.2, 0) is 61.7 Å². The van der Waals surface area contributed by atoms with Gasteiger partial charge in [0.15, 0.2) is 0 Å². The molecule has 2 amide bonds. The van der Waals surface area contributed by atoms with Crippen molar-refractivity contribution in [3.05, 3.63) is 12.2 Å². The normalized spacial score (nSPS) is 12.9. The van der Waals surface area contributed by atoms with E-state index in [-0.39, 0.29) is 25.0 Å². The number of carbonyl (C=O) groups is 2. The standard InChI is InChI=1S/C41H77NO13/c1-2-3-4-5-6-7-8-9-10-11-12-13-14-18-45-20-22-47-24-26-49-28-30-51-32-34-53-36-38-55-39-37-54-35-33-52-31-29-50-27-25-48-23-21-46-19-17-42-40(43)15-16-41(42)44/h15-16H,2-14,17-39H2,1H3. The van der Waals surface area contributed by atoms with Gasteiger partial charge in [0.25, 0.3) is 11.8 Å². The maximum Gasteiger partial charge on any atom is 0.253 e. The molecule has 324 valence electrons. The number of hydrogen-bond donors (Lipinski definition) is 0. The number of unbranched alkanes of at least 4 members (excludes halogenated alkanes) is 12. The van der Waals surface area contributed by atoms with Crippen molar-refractivity contribution in [1.82, 2.24) is 4.90 Å². The SMILES string of the molecule is CCCCCCCCCCCCCCCOCCOCCOCCOCCOCCOCCOCCOCCOCCOCCOCCN1C(=O)C=CC1=O. The third-order valence-corrected chi connectivity index (χ3v) is 8.47. The minimum Gasteiger partial charge on any atom is -0.379 e. The summed E-state index contributed by atoms with van der Waals surface area (Å²) >= 11 is 0. The van der Waals surface area contributed by atoms with Crippen LogP contribution in [0.15, 0.2) is 12.2 Å². The maximum atomic E-state index is 11.4. The summed E-state index contributed by atoms with van der Waals surface area (Å²) in [5.41, 5.74) is 0. The fourth-order valence-electron chi connectivity index (χ4n) is 5.33. The first-order valence-corrected chi connectivity index (χ1v) is 21.1. The van der Waals surface area contributed by atoms with Crippen LogP contribution >= 0.6 is 0 Å². The summed E-state index contributed by atoms with van der Waals surface area (Å²) in [4.78, 5) is 24.0. The van der Waals surface area contributed by atoms with Crippen molar-refractivity contribution >= 4 is 11.8 Å². The van der Waals surface area contributed by atoms with Gasteiger partial charge in [0, 0.05) is 18.8 Å². The summed E-state index contributed by atoms with van der Waals surface area (Å²) in [5.74, 6) is -0.608. The molecule has 0 aromatic heterocycles. The van der Waals surface area contributed by atoms with Crippen molar-refractivity contribution in [1.29, 1.82) is 0 Å². The molecule has 0 aromatic carbocycles. The third kappa shape index (κ3) is 37.8. The first-order chi connectivity index (χ1) is 27.3. The highest BCUT2D eigenvalue weighted by Crippen LogP contribution is 2.12. The molecule has 1 heterocycles. The Labute approximate surface area is 332 Å². The van der Waals surface area contributed by atoms with Gasteiger partial charge in [0.05, 0.1) is 145 Å². The van der Waals surface area contributed by atoms with Crippen LogP contribution in [0.2, 0.25) is 0 Å². The zero-order valence-corrected chi connectivity index (χ0v) is 34.4. The molecule has 0 radical (unpaired) electrons. The Balaban J connectivity index is 1.60. The number of amides is 2. The number of hydrogen-bond acceptors (Lipinski definition) is 13. The lowest BCUT2D eigenvalue weighted by atomic mass is 10.0. The predicted molar refractivity (Wildman–Crippen MR) is 211 cm³/mol. The molecule has 0 spiro atoms. The second kappa shape index (κ2) is 43.6. The van der Waals surface area contributed by atoms with Gasteiger partial charge in [-0.2, -0.15) is 0 Å². The maximum absolute atomic E-state index is 11.4. The number of ether oxygens (including phenoxy) is 11. The Kier molecular flexibility index (Phi) is 40.8. The summed E-state index contributed by atoms with van der Waals surface area (Å²) < 4.78 is 60.5. The highest BCUT2D eigenvalue weighted by atomic mass is 16.6. The van der Waals surface area contributed by atoms with Crippen molar-refractivity contribution in [2.75, 3.05) is 152 Å². The van der Waals surface area contributed by atoms with Crippen LogP contribution in [0.1, 0.15) is 90.4 Å². The van der Waals surface area contributed by atoms with Crippen LogP contribution in [0, 0.1) is 0 Å². The van der Waals surface area contributed by atoms with Gasteiger partial charge in [-0.25, -0.2) is 0 Å². The summed E-state index contributed by atoms with van der Waals surface area (Å²) in [6.45, 7) is 13.7. The lowest BCUT2D eigenvalue weighted by Gasteiger charge is -2.13. The molecule has 0 unspecified atom stereocenters. The molecule has 0 atom stereocenters. The molecular formula is C41H77NO13. The minimum atomic E-state index is -0.304. The highest BCUT2D eigenvalue weighted by Gasteiger charge is 2.22.